The lowest BCUT2D eigenvalue weighted by Gasteiger charge is -2.37. The molecular weight excluding hydrogens is 441 g/mol. The molecule has 2 aromatic rings. The van der Waals surface area contributed by atoms with E-state index in [-0.39, 0.29) is 4.47 Å². The lowest BCUT2D eigenvalue weighted by atomic mass is 10.1. The Hall–Kier alpha value is -2.45. The third kappa shape index (κ3) is 4.59. The monoisotopic (exact) mass is 463 g/mol. The second kappa shape index (κ2) is 8.12. The number of aliphatic hydroxyl groups excluding tert-OH is 1. The van der Waals surface area contributed by atoms with Gasteiger partial charge in [-0.25, -0.2) is 14.2 Å². The van der Waals surface area contributed by atoms with Crippen molar-refractivity contribution in [3.05, 3.63) is 58.3 Å². The number of amides is 1. The molecule has 1 amide bonds. The van der Waals surface area contributed by atoms with Crippen LogP contribution in [-0.4, -0.2) is 28.7 Å². The number of carbonyl (C=O) groups is 1. The first kappa shape index (κ1) is 21.3. The highest BCUT2D eigenvalue weighted by Crippen LogP contribution is 2.42. The lowest BCUT2D eigenvalue weighted by Crippen LogP contribution is -2.47. The van der Waals surface area contributed by atoms with E-state index in [0.29, 0.717) is 22.8 Å². The predicted molar refractivity (Wildman–Crippen MR) is 114 cm³/mol. The van der Waals surface area contributed by atoms with Crippen LogP contribution in [0.25, 0.3) is 0 Å². The molecule has 0 spiro atoms. The summed E-state index contributed by atoms with van der Waals surface area (Å²) >= 11 is 3.21. The van der Waals surface area contributed by atoms with Crippen LogP contribution in [0.3, 0.4) is 0 Å². The van der Waals surface area contributed by atoms with E-state index in [4.69, 9.17) is 4.74 Å². The number of aliphatic hydroxyl groups is 1. The second-order valence-electron chi connectivity index (χ2n) is 7.77. The summed E-state index contributed by atoms with van der Waals surface area (Å²) in [5, 5.41) is 13.8. The van der Waals surface area contributed by atoms with Gasteiger partial charge in [0.15, 0.2) is 18.2 Å². The minimum atomic E-state index is -1.22. The summed E-state index contributed by atoms with van der Waals surface area (Å²) in [5.41, 5.74) is 0.884. The van der Waals surface area contributed by atoms with E-state index in [0.717, 1.165) is 0 Å². The van der Waals surface area contributed by atoms with Crippen molar-refractivity contribution in [3.8, 4) is 0 Å². The Bertz CT molecular complexity index is 944. The van der Waals surface area contributed by atoms with E-state index < -0.39 is 29.8 Å². The summed E-state index contributed by atoms with van der Waals surface area (Å²) in [4.78, 5) is 18.4. The summed E-state index contributed by atoms with van der Waals surface area (Å²) < 4.78 is 19.8. The van der Waals surface area contributed by atoms with E-state index in [1.807, 2.05) is 39.0 Å². The van der Waals surface area contributed by atoms with Crippen LogP contribution in [0.2, 0.25) is 0 Å². The molecule has 0 saturated heterocycles. The topological polar surface area (TPSA) is 74.2 Å². The van der Waals surface area contributed by atoms with Gasteiger partial charge in [-0.2, -0.15) is 0 Å². The van der Waals surface area contributed by atoms with Crippen LogP contribution < -0.4 is 10.2 Å². The zero-order chi connectivity index (χ0) is 21.3. The number of nitrogens with zero attached hydrogens (tertiary/aromatic N) is 2. The van der Waals surface area contributed by atoms with Gasteiger partial charge in [0.05, 0.1) is 10.2 Å². The highest BCUT2D eigenvalue weighted by molar-refractivity contribution is 9.10. The molecule has 0 aliphatic carbocycles. The molecule has 29 heavy (non-hydrogen) atoms. The molecule has 2 atom stereocenters. The second-order valence-corrected chi connectivity index (χ2v) is 8.56. The van der Waals surface area contributed by atoms with Crippen LogP contribution in [0.5, 0.6) is 0 Å². The van der Waals surface area contributed by atoms with Crippen molar-refractivity contribution >= 4 is 39.2 Å². The third-order valence-electron chi connectivity index (χ3n) is 4.25. The fourth-order valence-electron chi connectivity index (χ4n) is 3.03. The van der Waals surface area contributed by atoms with E-state index in [1.54, 1.807) is 19.1 Å². The number of fused-ring (bicyclic) bond motifs is 1. The molecule has 0 bridgehead atoms. The number of anilines is 1. The van der Waals surface area contributed by atoms with Crippen molar-refractivity contribution in [2.45, 2.75) is 45.6 Å². The molecule has 2 aromatic carbocycles. The van der Waals surface area contributed by atoms with Crippen molar-refractivity contribution in [2.24, 2.45) is 4.99 Å². The van der Waals surface area contributed by atoms with Crippen molar-refractivity contribution in [3.63, 3.8) is 0 Å². The van der Waals surface area contributed by atoms with Crippen LogP contribution in [-0.2, 0) is 4.74 Å². The van der Waals surface area contributed by atoms with Gasteiger partial charge in [0, 0.05) is 16.8 Å². The van der Waals surface area contributed by atoms with Gasteiger partial charge in [-0.15, -0.1) is 0 Å². The van der Waals surface area contributed by atoms with E-state index in [1.165, 1.54) is 17.0 Å². The molecule has 0 radical (unpaired) electrons. The zero-order valence-corrected chi connectivity index (χ0v) is 18.2. The molecule has 0 saturated carbocycles. The summed E-state index contributed by atoms with van der Waals surface area (Å²) in [5.74, 6) is -0.165. The zero-order valence-electron chi connectivity index (χ0n) is 16.6. The average molecular weight is 464 g/mol. The number of rotatable bonds is 3. The van der Waals surface area contributed by atoms with Gasteiger partial charge in [0.1, 0.15) is 5.82 Å². The summed E-state index contributed by atoms with van der Waals surface area (Å²) in [6, 6.07) is 11.8. The molecule has 3 rings (SSSR count). The quantitative estimate of drug-likeness (QED) is 0.668. The van der Waals surface area contributed by atoms with Crippen molar-refractivity contribution < 1.29 is 19.0 Å². The molecule has 8 heteroatoms. The predicted octanol–water partition coefficient (Wildman–Crippen LogP) is 5.04. The highest BCUT2D eigenvalue weighted by atomic mass is 79.9. The Labute approximate surface area is 177 Å². The van der Waals surface area contributed by atoms with Crippen molar-refractivity contribution in [1.82, 2.24) is 5.32 Å². The first-order valence-corrected chi connectivity index (χ1v) is 9.95. The standard InChI is InChI=1S/C21H23BrFN3O3/c1-12(29-20(28)25-21(2,3)4)18-24-15-11-10-14(23)17(22)16(15)19(27)26(18)13-8-6-5-7-9-13/h5-12,19,27H,1-4H3,(H,25,28)/t12-,19-/m0/s1. The number of nitrogens with one attached hydrogen (secondary N) is 1. The van der Waals surface area contributed by atoms with Gasteiger partial charge >= 0.3 is 6.09 Å². The Morgan fingerprint density at radius 3 is 2.55 bits per heavy atom. The SMILES string of the molecule is C[C@H](OC(=O)NC(C)(C)C)C1=Nc2ccc(F)c(Br)c2[C@H](O)N1c1ccccc1. The maximum Gasteiger partial charge on any atom is 0.408 e. The van der Waals surface area contributed by atoms with Gasteiger partial charge in [-0.1, -0.05) is 18.2 Å². The van der Waals surface area contributed by atoms with Gasteiger partial charge in [-0.3, -0.25) is 4.90 Å². The number of hydrogen-bond donors (Lipinski definition) is 2. The van der Waals surface area contributed by atoms with E-state index in [2.05, 4.69) is 26.2 Å². The number of benzene rings is 2. The Morgan fingerprint density at radius 2 is 1.93 bits per heavy atom. The summed E-state index contributed by atoms with van der Waals surface area (Å²) in [6.07, 6.45) is -2.59. The largest absolute Gasteiger partial charge is 0.438 e. The van der Waals surface area contributed by atoms with Crippen LogP contribution in [0.1, 0.15) is 39.5 Å². The number of ether oxygens (including phenoxy) is 1. The Kier molecular flexibility index (Phi) is 5.95. The fourth-order valence-corrected chi connectivity index (χ4v) is 3.57. The molecule has 6 nitrogen and oxygen atoms in total. The van der Waals surface area contributed by atoms with Gasteiger partial charge in [0.2, 0.25) is 0 Å². The lowest BCUT2D eigenvalue weighted by molar-refractivity contribution is 0.121. The molecule has 1 aliphatic heterocycles. The first-order valence-electron chi connectivity index (χ1n) is 9.16. The van der Waals surface area contributed by atoms with Crippen LogP contribution in [0, 0.1) is 5.82 Å². The highest BCUT2D eigenvalue weighted by Gasteiger charge is 2.36. The Morgan fingerprint density at radius 1 is 1.28 bits per heavy atom. The molecule has 1 heterocycles. The normalized spacial score (nSPS) is 17.3. The van der Waals surface area contributed by atoms with E-state index in [9.17, 15) is 14.3 Å². The molecule has 2 N–H and O–H groups in total. The van der Waals surface area contributed by atoms with Gasteiger partial charge in [-0.05, 0) is 67.9 Å². The number of carbonyl (C=O) groups excluding carboxylic acids is 1. The number of hydrogen-bond acceptors (Lipinski definition) is 5. The summed E-state index contributed by atoms with van der Waals surface area (Å²) in [7, 11) is 0. The molecule has 154 valence electrons. The molecule has 0 fully saturated rings. The van der Waals surface area contributed by atoms with Crippen molar-refractivity contribution in [2.75, 3.05) is 4.90 Å². The number of halogens is 2. The molecule has 0 aromatic heterocycles. The van der Waals surface area contributed by atoms with Crippen LogP contribution >= 0.6 is 15.9 Å². The maximum absolute atomic E-state index is 14.1. The van der Waals surface area contributed by atoms with Crippen molar-refractivity contribution in [1.29, 1.82) is 0 Å². The van der Waals surface area contributed by atoms with Gasteiger partial charge in [0.25, 0.3) is 0 Å². The average Bonchev–Trinajstić information content (AvgIpc) is 2.63. The Balaban J connectivity index is 2.04. The summed E-state index contributed by atoms with van der Waals surface area (Å²) in [6.45, 7) is 7.21. The first-order chi connectivity index (χ1) is 13.6. The maximum atomic E-state index is 14.1. The number of amidine groups is 1. The van der Waals surface area contributed by atoms with Gasteiger partial charge < -0.3 is 15.2 Å². The molecular formula is C21H23BrFN3O3. The third-order valence-corrected chi connectivity index (χ3v) is 5.06. The minimum absolute atomic E-state index is 0.144. The van der Waals surface area contributed by atoms with E-state index >= 15 is 0 Å². The van der Waals surface area contributed by atoms with Crippen LogP contribution in [0.15, 0.2) is 51.9 Å². The molecule has 1 aliphatic rings. The number of aliphatic imine (C=N–C) groups is 1. The van der Waals surface area contributed by atoms with Crippen LogP contribution in [0.4, 0.5) is 20.6 Å². The minimum Gasteiger partial charge on any atom is -0.438 e. The fraction of sp³-hybridized carbons (Fsp3) is 0.333. The molecule has 0 unspecified atom stereocenters. The number of para-hydroxylation sites is 1. The number of alkyl carbamates (subject to hydrolysis) is 1. The smallest absolute Gasteiger partial charge is 0.408 e.